The van der Waals surface area contributed by atoms with Gasteiger partial charge in [-0.05, 0) is 25.0 Å². The van der Waals surface area contributed by atoms with E-state index in [2.05, 4.69) is 25.8 Å². The van der Waals surface area contributed by atoms with Crippen molar-refractivity contribution in [2.75, 3.05) is 11.1 Å². The van der Waals surface area contributed by atoms with Crippen LogP contribution in [0.25, 0.3) is 0 Å². The van der Waals surface area contributed by atoms with Gasteiger partial charge in [0.15, 0.2) is 24.8 Å². The third kappa shape index (κ3) is 5.50. The summed E-state index contributed by atoms with van der Waals surface area (Å²) >= 11 is 1.36. The van der Waals surface area contributed by atoms with Gasteiger partial charge in [-0.1, -0.05) is 17.3 Å². The van der Waals surface area contributed by atoms with E-state index in [9.17, 15) is 24.3 Å². The topological polar surface area (TPSA) is 167 Å². The Bertz CT molecular complexity index is 1400. The Morgan fingerprint density at radius 3 is 2.85 bits per heavy atom. The highest BCUT2D eigenvalue weighted by Crippen LogP contribution is 2.40. The highest BCUT2D eigenvalue weighted by Gasteiger charge is 2.54. The van der Waals surface area contributed by atoms with E-state index in [0.717, 1.165) is 6.42 Å². The van der Waals surface area contributed by atoms with Crippen LogP contribution in [0.5, 0.6) is 0 Å². The van der Waals surface area contributed by atoms with Gasteiger partial charge in [0.1, 0.15) is 29.0 Å². The van der Waals surface area contributed by atoms with Crippen LogP contribution in [0, 0.1) is 0 Å². The third-order valence-corrected chi connectivity index (χ3v) is 7.56. The van der Waals surface area contributed by atoms with E-state index in [1.54, 1.807) is 0 Å². The lowest BCUT2D eigenvalue weighted by Crippen LogP contribution is -2.71. The predicted octanol–water partition coefficient (Wildman–Crippen LogP) is 0.211. The van der Waals surface area contributed by atoms with Crippen molar-refractivity contribution in [2.45, 2.75) is 36.9 Å². The number of carboxylic acids is 1. The number of nitrogens with one attached hydrogen (secondary N) is 2. The molecule has 2 aromatic heterocycles. The fourth-order valence-corrected chi connectivity index (χ4v) is 5.72. The van der Waals surface area contributed by atoms with Crippen molar-refractivity contribution in [3.8, 4) is 0 Å². The number of hydrogen-bond acceptors (Lipinski definition) is 9. The van der Waals surface area contributed by atoms with Crippen LogP contribution >= 0.6 is 11.8 Å². The molecule has 1 saturated heterocycles. The van der Waals surface area contributed by atoms with Crippen LogP contribution in [0.2, 0.25) is 0 Å². The number of fused-ring (bicyclic) bond motifs is 1. The molecule has 0 radical (unpaired) electrons. The molecule has 39 heavy (non-hydrogen) atoms. The number of thioether (sulfide) groups is 1. The number of carboxylic acid groups (broad SMARTS) is 1. The molecule has 1 fully saturated rings. The van der Waals surface area contributed by atoms with Crippen LogP contribution < -0.4 is 15.2 Å². The van der Waals surface area contributed by atoms with Crippen LogP contribution in [0.15, 0.2) is 71.4 Å². The number of carbonyl (C=O) groups excluding carboxylic acids is 3. The molecule has 3 amide bonds. The summed E-state index contributed by atoms with van der Waals surface area (Å²) in [4.78, 5) is 64.4. The summed E-state index contributed by atoms with van der Waals surface area (Å²) in [7, 11) is 0. The number of β-lactam (4-membered cyclic amide) rings is 1. The van der Waals surface area contributed by atoms with Gasteiger partial charge >= 0.3 is 5.97 Å². The maximum absolute atomic E-state index is 13.3. The first kappa shape index (κ1) is 26.0. The number of oxime groups is 1. The molecule has 2 aliphatic heterocycles. The van der Waals surface area contributed by atoms with Crippen LogP contribution in [0.4, 0.5) is 5.82 Å². The number of hydrogen-bond donors (Lipinski definition) is 3. The highest BCUT2D eigenvalue weighted by atomic mass is 32.2. The second kappa shape index (κ2) is 11.4. The highest BCUT2D eigenvalue weighted by molar-refractivity contribution is 8.00. The molecule has 2 aromatic rings. The Hall–Kier alpha value is -4.59. The van der Waals surface area contributed by atoms with Crippen LogP contribution in [-0.2, 0) is 30.6 Å². The normalized spacial score (nSPS) is 22.2. The van der Waals surface area contributed by atoms with E-state index in [1.165, 1.54) is 28.9 Å². The Labute approximate surface area is 226 Å². The molecule has 0 bridgehead atoms. The summed E-state index contributed by atoms with van der Waals surface area (Å²) in [5.41, 5.74) is 0.227. The number of nitrogens with zero attached hydrogens (tertiary/aromatic N) is 5. The van der Waals surface area contributed by atoms with Crippen molar-refractivity contribution >= 4 is 47.5 Å². The number of carbonyl (C=O) groups is 4. The molecule has 4 heterocycles. The van der Waals surface area contributed by atoms with Gasteiger partial charge in [-0.2, -0.15) is 0 Å². The van der Waals surface area contributed by atoms with Crippen molar-refractivity contribution in [3.05, 3.63) is 72.1 Å². The van der Waals surface area contributed by atoms with E-state index in [1.807, 2.05) is 47.3 Å². The number of allylic oxidation sites excluding steroid dienone is 1. The number of aromatic nitrogens is 3. The molecule has 200 valence electrons. The number of rotatable bonds is 10. The molecule has 3 aliphatic rings. The summed E-state index contributed by atoms with van der Waals surface area (Å²) in [5.74, 6) is -2.14. The molecule has 3 atom stereocenters. The smallest absolute Gasteiger partial charge is 0.352 e. The number of aliphatic carboxylic acids is 1. The number of amides is 3. The van der Waals surface area contributed by atoms with E-state index in [4.69, 9.17) is 4.84 Å². The van der Waals surface area contributed by atoms with Gasteiger partial charge in [0, 0.05) is 29.7 Å². The molecule has 14 heteroatoms. The quantitative estimate of drug-likeness (QED) is 0.0936. The van der Waals surface area contributed by atoms with E-state index < -0.39 is 29.2 Å². The van der Waals surface area contributed by atoms with Gasteiger partial charge in [0.05, 0.1) is 0 Å². The molecule has 5 rings (SSSR count). The largest absolute Gasteiger partial charge is 0.477 e. The first-order valence-electron chi connectivity index (χ1n) is 12.0. The molecule has 3 N–H and O–H groups in total. The zero-order valence-corrected chi connectivity index (χ0v) is 21.3. The number of anilines is 1. The van der Waals surface area contributed by atoms with Gasteiger partial charge in [-0.3, -0.25) is 19.3 Å². The van der Waals surface area contributed by atoms with E-state index >= 15 is 0 Å². The summed E-state index contributed by atoms with van der Waals surface area (Å²) in [6.07, 6.45) is 10.3. The molecule has 1 aliphatic carbocycles. The SMILES string of the molecule is O=CNc1ccnc(C(=NOC2C=CCC2)C(=O)NC2C(=O)N3C(C(=O)O)=C(C[n+]4ccccc4)CS[C@@H]23)n1. The van der Waals surface area contributed by atoms with E-state index in [-0.39, 0.29) is 29.2 Å². The fraction of sp³-hybridized carbons (Fsp3) is 0.280. The molecule has 2 unspecified atom stereocenters. The zero-order valence-electron chi connectivity index (χ0n) is 20.5. The summed E-state index contributed by atoms with van der Waals surface area (Å²) in [5, 5.41) is 18.3. The average molecular weight is 551 g/mol. The third-order valence-electron chi connectivity index (χ3n) is 6.22. The van der Waals surface area contributed by atoms with Gasteiger partial charge in [-0.25, -0.2) is 19.3 Å². The second-order valence-corrected chi connectivity index (χ2v) is 9.89. The Morgan fingerprint density at radius 1 is 1.31 bits per heavy atom. The number of pyridine rings is 1. The van der Waals surface area contributed by atoms with Gasteiger partial charge in [-0.15, -0.1) is 11.8 Å². The average Bonchev–Trinajstić information content (AvgIpc) is 3.46. The summed E-state index contributed by atoms with van der Waals surface area (Å²) in [6, 6.07) is 5.97. The predicted molar refractivity (Wildman–Crippen MR) is 138 cm³/mol. The maximum Gasteiger partial charge on any atom is 0.352 e. The van der Waals surface area contributed by atoms with Crippen molar-refractivity contribution in [1.82, 2.24) is 20.2 Å². The second-order valence-electron chi connectivity index (χ2n) is 8.78. The van der Waals surface area contributed by atoms with Gasteiger partial charge < -0.3 is 20.6 Å². The molecule has 13 nitrogen and oxygen atoms in total. The van der Waals surface area contributed by atoms with Crippen molar-refractivity contribution in [3.63, 3.8) is 0 Å². The molecule has 0 saturated carbocycles. The lowest BCUT2D eigenvalue weighted by Gasteiger charge is -2.49. The fourth-order valence-electron chi connectivity index (χ4n) is 4.38. The summed E-state index contributed by atoms with van der Waals surface area (Å²) < 4.78 is 1.83. The van der Waals surface area contributed by atoms with Crippen LogP contribution in [-0.4, -0.2) is 73.2 Å². The lowest BCUT2D eigenvalue weighted by molar-refractivity contribution is -0.689. The molecule has 0 spiro atoms. The standard InChI is InChI=1S/C25H23N7O6S/c33-14-27-17-8-9-26-21(28-17)18(30-38-16-6-2-3-7-16)22(34)29-19-23(35)32-20(25(36)37)15(13-39-24(19)32)12-31-10-4-1-5-11-31/h1-2,4-6,8-11,14,16,19,24H,3,7,12-13H2,(H2-,26,27,28,29,33,34,36,37)/p+1/t16?,19?,24-/m0/s1. The minimum absolute atomic E-state index is 0.0770. The minimum Gasteiger partial charge on any atom is -0.477 e. The monoisotopic (exact) mass is 550 g/mol. The molecule has 0 aromatic carbocycles. The first-order chi connectivity index (χ1) is 19.0. The van der Waals surface area contributed by atoms with Crippen molar-refractivity contribution in [2.24, 2.45) is 5.16 Å². The minimum atomic E-state index is -1.21. The van der Waals surface area contributed by atoms with Crippen LogP contribution in [0.3, 0.4) is 0 Å². The zero-order chi connectivity index (χ0) is 27.4. The van der Waals surface area contributed by atoms with Gasteiger partial charge in [0.25, 0.3) is 11.8 Å². The Kier molecular flexibility index (Phi) is 7.63. The lowest BCUT2D eigenvalue weighted by atomic mass is 10.0. The van der Waals surface area contributed by atoms with Crippen LogP contribution in [0.1, 0.15) is 18.7 Å². The first-order valence-corrected chi connectivity index (χ1v) is 13.1. The Morgan fingerprint density at radius 2 is 2.13 bits per heavy atom. The molecular weight excluding hydrogens is 526 g/mol. The Balaban J connectivity index is 1.36. The molecular formula is C25H24N7O6S+. The van der Waals surface area contributed by atoms with Gasteiger partial charge in [0.2, 0.25) is 12.1 Å². The maximum atomic E-state index is 13.3. The van der Waals surface area contributed by atoms with Crippen molar-refractivity contribution in [1.29, 1.82) is 0 Å². The summed E-state index contributed by atoms with van der Waals surface area (Å²) in [6.45, 7) is 0.315. The van der Waals surface area contributed by atoms with Crippen molar-refractivity contribution < 1.29 is 33.7 Å². The van der Waals surface area contributed by atoms with E-state index in [0.29, 0.717) is 30.7 Å².